The van der Waals surface area contributed by atoms with Crippen LogP contribution in [0.15, 0.2) is 24.3 Å². The first-order valence-electron chi connectivity index (χ1n) is 7.69. The molecule has 1 N–H and O–H groups in total. The van der Waals surface area contributed by atoms with Gasteiger partial charge in [-0.3, -0.25) is 4.79 Å². The van der Waals surface area contributed by atoms with Crippen molar-refractivity contribution in [3.8, 4) is 0 Å². The minimum atomic E-state index is -0.0830. The van der Waals surface area contributed by atoms with Crippen molar-refractivity contribution < 1.29 is 14.3 Å². The molecule has 0 bridgehead atoms. The van der Waals surface area contributed by atoms with E-state index in [1.807, 2.05) is 29.2 Å². The van der Waals surface area contributed by atoms with E-state index in [0.717, 1.165) is 18.7 Å². The van der Waals surface area contributed by atoms with Crippen LogP contribution >= 0.6 is 24.0 Å². The molecule has 1 amide bonds. The molecule has 2 aliphatic heterocycles. The van der Waals surface area contributed by atoms with Crippen molar-refractivity contribution in [1.82, 2.24) is 10.2 Å². The van der Waals surface area contributed by atoms with Gasteiger partial charge in [0, 0.05) is 24.7 Å². The Labute approximate surface area is 147 Å². The number of halogens is 2. The van der Waals surface area contributed by atoms with Gasteiger partial charge in [-0.15, -0.1) is 12.4 Å². The Morgan fingerprint density at radius 3 is 2.74 bits per heavy atom. The molecule has 2 fully saturated rings. The van der Waals surface area contributed by atoms with E-state index in [-0.39, 0.29) is 30.5 Å². The fourth-order valence-electron chi connectivity index (χ4n) is 2.83. The van der Waals surface area contributed by atoms with Gasteiger partial charge < -0.3 is 19.7 Å². The van der Waals surface area contributed by atoms with Crippen molar-refractivity contribution in [3.63, 3.8) is 0 Å². The third-order valence-corrected chi connectivity index (χ3v) is 4.32. The normalized spacial score (nSPS) is 24.8. The van der Waals surface area contributed by atoms with Crippen LogP contribution in [0.25, 0.3) is 0 Å². The van der Waals surface area contributed by atoms with Crippen molar-refractivity contribution in [2.75, 3.05) is 39.4 Å². The molecule has 1 aromatic carbocycles. The lowest BCUT2D eigenvalue weighted by molar-refractivity contribution is -0.142. The van der Waals surface area contributed by atoms with Crippen molar-refractivity contribution in [1.29, 1.82) is 0 Å². The molecule has 7 heteroatoms. The Hall–Kier alpha value is -0.850. The lowest BCUT2D eigenvalue weighted by Crippen LogP contribution is -2.46. The molecule has 0 spiro atoms. The zero-order valence-electron chi connectivity index (χ0n) is 12.9. The third kappa shape index (κ3) is 5.06. The van der Waals surface area contributed by atoms with Crippen molar-refractivity contribution in [2.45, 2.75) is 18.6 Å². The van der Waals surface area contributed by atoms with Crippen LogP contribution in [0.5, 0.6) is 0 Å². The van der Waals surface area contributed by atoms with Gasteiger partial charge in [0.1, 0.15) is 6.10 Å². The van der Waals surface area contributed by atoms with Crippen LogP contribution in [0.4, 0.5) is 0 Å². The predicted molar refractivity (Wildman–Crippen MR) is 91.2 cm³/mol. The number of ether oxygens (including phenoxy) is 2. The van der Waals surface area contributed by atoms with E-state index in [0.29, 0.717) is 37.7 Å². The molecule has 0 aliphatic carbocycles. The molecule has 23 heavy (non-hydrogen) atoms. The minimum Gasteiger partial charge on any atom is -0.375 e. The summed E-state index contributed by atoms with van der Waals surface area (Å²) in [5.74, 6) is 0.135. The van der Waals surface area contributed by atoms with Crippen molar-refractivity contribution >= 4 is 29.9 Å². The SMILES string of the molecule is Cl.O=C(CC1CNCCO1)N1CCOC(c2ccc(Cl)cc2)C1. The molecule has 1 aromatic rings. The maximum Gasteiger partial charge on any atom is 0.225 e. The maximum atomic E-state index is 12.4. The average molecular weight is 361 g/mol. The van der Waals surface area contributed by atoms with Crippen LogP contribution in [-0.4, -0.2) is 56.3 Å². The smallest absolute Gasteiger partial charge is 0.225 e. The summed E-state index contributed by atoms with van der Waals surface area (Å²) in [5, 5.41) is 3.95. The Kier molecular flexibility index (Phi) is 7.11. The molecule has 0 saturated carbocycles. The summed E-state index contributed by atoms with van der Waals surface area (Å²) in [6, 6.07) is 7.61. The molecule has 2 aliphatic rings. The number of rotatable bonds is 3. The molecule has 3 rings (SSSR count). The number of morpholine rings is 2. The fraction of sp³-hybridized carbons (Fsp3) is 0.562. The molecule has 0 radical (unpaired) electrons. The van der Waals surface area contributed by atoms with Gasteiger partial charge in [0.2, 0.25) is 5.91 Å². The second kappa shape index (κ2) is 8.85. The highest BCUT2D eigenvalue weighted by atomic mass is 35.5. The summed E-state index contributed by atoms with van der Waals surface area (Å²) in [4.78, 5) is 14.3. The quantitative estimate of drug-likeness (QED) is 0.895. The van der Waals surface area contributed by atoms with Gasteiger partial charge in [0.15, 0.2) is 0 Å². The molecular weight excluding hydrogens is 339 g/mol. The van der Waals surface area contributed by atoms with E-state index in [4.69, 9.17) is 21.1 Å². The van der Waals surface area contributed by atoms with Gasteiger partial charge in [-0.05, 0) is 17.7 Å². The number of hydrogen-bond acceptors (Lipinski definition) is 4. The largest absolute Gasteiger partial charge is 0.375 e. The fourth-order valence-corrected chi connectivity index (χ4v) is 2.96. The lowest BCUT2D eigenvalue weighted by atomic mass is 10.1. The van der Waals surface area contributed by atoms with Crippen LogP contribution in [0, 0.1) is 0 Å². The van der Waals surface area contributed by atoms with Crippen molar-refractivity contribution in [3.05, 3.63) is 34.9 Å². The van der Waals surface area contributed by atoms with Crippen LogP contribution in [-0.2, 0) is 14.3 Å². The average Bonchev–Trinajstić information content (AvgIpc) is 2.56. The summed E-state index contributed by atoms with van der Waals surface area (Å²) in [6.07, 6.45) is 0.332. The summed E-state index contributed by atoms with van der Waals surface area (Å²) in [5.41, 5.74) is 1.05. The Bertz CT molecular complexity index is 507. The van der Waals surface area contributed by atoms with E-state index in [9.17, 15) is 4.79 Å². The molecular formula is C16H22Cl2N2O3. The van der Waals surface area contributed by atoms with Crippen LogP contribution in [0.3, 0.4) is 0 Å². The lowest BCUT2D eigenvalue weighted by Gasteiger charge is -2.34. The number of benzene rings is 1. The van der Waals surface area contributed by atoms with Gasteiger partial charge in [-0.2, -0.15) is 0 Å². The van der Waals surface area contributed by atoms with E-state index in [1.54, 1.807) is 0 Å². The number of hydrogen-bond donors (Lipinski definition) is 1. The highest BCUT2D eigenvalue weighted by Gasteiger charge is 2.27. The highest BCUT2D eigenvalue weighted by molar-refractivity contribution is 6.30. The molecule has 128 valence electrons. The zero-order chi connectivity index (χ0) is 15.4. The summed E-state index contributed by atoms with van der Waals surface area (Å²) >= 11 is 5.91. The van der Waals surface area contributed by atoms with Crippen LogP contribution in [0.2, 0.25) is 5.02 Å². The number of nitrogens with zero attached hydrogens (tertiary/aromatic N) is 1. The van der Waals surface area contributed by atoms with E-state index in [2.05, 4.69) is 5.32 Å². The van der Waals surface area contributed by atoms with Crippen LogP contribution < -0.4 is 5.32 Å². The van der Waals surface area contributed by atoms with Gasteiger partial charge in [0.05, 0.1) is 32.3 Å². The van der Waals surface area contributed by atoms with E-state index < -0.39 is 0 Å². The standard InChI is InChI=1S/C16H21ClN2O3.ClH/c17-13-3-1-12(2-4-13)15-11-19(6-8-22-15)16(20)9-14-10-18-5-7-21-14;/h1-4,14-15,18H,5-11H2;1H. The summed E-state index contributed by atoms with van der Waals surface area (Å²) in [7, 11) is 0. The van der Waals surface area contributed by atoms with Gasteiger partial charge in [0.25, 0.3) is 0 Å². The molecule has 2 saturated heterocycles. The van der Waals surface area contributed by atoms with E-state index in [1.165, 1.54) is 0 Å². The first-order valence-corrected chi connectivity index (χ1v) is 8.07. The summed E-state index contributed by atoms with van der Waals surface area (Å²) in [6.45, 7) is 4.07. The highest BCUT2D eigenvalue weighted by Crippen LogP contribution is 2.24. The Morgan fingerprint density at radius 2 is 2.04 bits per heavy atom. The number of carbonyl (C=O) groups excluding carboxylic acids is 1. The van der Waals surface area contributed by atoms with E-state index >= 15 is 0 Å². The van der Waals surface area contributed by atoms with Crippen LogP contribution in [0.1, 0.15) is 18.1 Å². The molecule has 0 aromatic heterocycles. The molecule has 2 atom stereocenters. The number of nitrogens with one attached hydrogen (secondary N) is 1. The monoisotopic (exact) mass is 360 g/mol. The number of carbonyl (C=O) groups is 1. The molecule has 2 heterocycles. The Balaban J connectivity index is 0.00000192. The van der Waals surface area contributed by atoms with Gasteiger partial charge in [-0.25, -0.2) is 0 Å². The molecule has 2 unspecified atom stereocenters. The second-order valence-corrected chi connectivity index (χ2v) is 6.09. The summed E-state index contributed by atoms with van der Waals surface area (Å²) < 4.78 is 11.4. The topological polar surface area (TPSA) is 50.8 Å². The van der Waals surface area contributed by atoms with Gasteiger partial charge in [-0.1, -0.05) is 23.7 Å². The first-order chi connectivity index (χ1) is 10.7. The van der Waals surface area contributed by atoms with Gasteiger partial charge >= 0.3 is 0 Å². The third-order valence-electron chi connectivity index (χ3n) is 4.07. The van der Waals surface area contributed by atoms with Crippen molar-refractivity contribution in [2.24, 2.45) is 0 Å². The maximum absolute atomic E-state index is 12.4. The first kappa shape index (κ1) is 18.5. The minimum absolute atomic E-state index is 0. The Morgan fingerprint density at radius 1 is 1.26 bits per heavy atom. The molecule has 5 nitrogen and oxygen atoms in total. The number of amides is 1. The zero-order valence-corrected chi connectivity index (χ0v) is 14.4. The predicted octanol–water partition coefficient (Wildman–Crippen LogP) is 2.04. The second-order valence-electron chi connectivity index (χ2n) is 5.65.